The molecule has 1 atom stereocenters. The first kappa shape index (κ1) is 17.0. The summed E-state index contributed by atoms with van der Waals surface area (Å²) in [6.45, 7) is 2.53. The quantitative estimate of drug-likeness (QED) is 0.920. The molecule has 2 aromatic rings. The lowest BCUT2D eigenvalue weighted by Gasteiger charge is -2.37. The second-order valence-corrected chi connectivity index (χ2v) is 6.64. The van der Waals surface area contributed by atoms with E-state index in [0.717, 1.165) is 5.75 Å². The van der Waals surface area contributed by atoms with Gasteiger partial charge in [0.25, 0.3) is 5.91 Å². The topological polar surface area (TPSA) is 66.8 Å². The van der Waals surface area contributed by atoms with Crippen LogP contribution < -0.4 is 4.74 Å². The van der Waals surface area contributed by atoms with E-state index in [1.54, 1.807) is 36.1 Å². The fraction of sp³-hybridized carbons (Fsp3) is 0.300. The fourth-order valence-electron chi connectivity index (χ4n) is 3.06. The minimum atomic E-state index is -0.871. The molecule has 0 aromatic heterocycles. The van der Waals surface area contributed by atoms with Gasteiger partial charge in [-0.2, -0.15) is 0 Å². The molecule has 1 fully saturated rings. The predicted octanol–water partition coefficient (Wildman–Crippen LogP) is 3.81. The molecule has 0 saturated carbocycles. The zero-order valence-electron chi connectivity index (χ0n) is 14.1. The van der Waals surface area contributed by atoms with Crippen molar-refractivity contribution in [3.05, 3.63) is 60.2 Å². The van der Waals surface area contributed by atoms with Crippen molar-refractivity contribution in [2.45, 2.75) is 19.8 Å². The molecule has 3 rings (SSSR count). The highest BCUT2D eigenvalue weighted by atomic mass is 16.5. The Bertz CT molecular complexity index is 757. The molecule has 1 N–H and O–H groups in total. The Hall–Kier alpha value is -2.82. The van der Waals surface area contributed by atoms with Crippen LogP contribution in [0.3, 0.4) is 0 Å². The number of benzene rings is 2. The number of carbonyl (C=O) groups excluding carboxylic acids is 1. The Balaban J connectivity index is 1.69. The zero-order chi connectivity index (χ0) is 17.9. The third-order valence-corrected chi connectivity index (χ3v) is 4.58. The lowest BCUT2D eigenvalue weighted by atomic mass is 9.82. The van der Waals surface area contributed by atoms with Crippen molar-refractivity contribution in [2.24, 2.45) is 5.41 Å². The lowest BCUT2D eigenvalue weighted by Crippen LogP contribution is -2.48. The van der Waals surface area contributed by atoms with E-state index < -0.39 is 11.4 Å². The van der Waals surface area contributed by atoms with Crippen molar-refractivity contribution in [1.82, 2.24) is 4.90 Å². The van der Waals surface area contributed by atoms with Gasteiger partial charge in [0.15, 0.2) is 0 Å². The van der Waals surface area contributed by atoms with Gasteiger partial charge in [-0.1, -0.05) is 18.2 Å². The van der Waals surface area contributed by atoms with Gasteiger partial charge in [0, 0.05) is 18.7 Å². The molecule has 1 unspecified atom stereocenters. The van der Waals surface area contributed by atoms with Crippen LogP contribution >= 0.6 is 0 Å². The van der Waals surface area contributed by atoms with Gasteiger partial charge in [0.2, 0.25) is 0 Å². The Morgan fingerprint density at radius 2 is 1.68 bits per heavy atom. The third-order valence-electron chi connectivity index (χ3n) is 4.58. The Morgan fingerprint density at radius 3 is 2.32 bits per heavy atom. The number of piperidine rings is 1. The van der Waals surface area contributed by atoms with E-state index in [1.165, 1.54) is 0 Å². The van der Waals surface area contributed by atoms with Crippen molar-refractivity contribution < 1.29 is 19.4 Å². The first-order chi connectivity index (χ1) is 12.0. The SMILES string of the molecule is CC1(C(=O)O)CCCN(C(=O)c2ccc(Oc3ccccc3)cc2)C1. The average molecular weight is 339 g/mol. The van der Waals surface area contributed by atoms with Gasteiger partial charge in [-0.05, 0) is 56.2 Å². The third kappa shape index (κ3) is 3.82. The monoisotopic (exact) mass is 339 g/mol. The van der Waals surface area contributed by atoms with E-state index in [1.807, 2.05) is 30.3 Å². The largest absolute Gasteiger partial charge is 0.481 e. The minimum Gasteiger partial charge on any atom is -0.481 e. The van der Waals surface area contributed by atoms with E-state index in [9.17, 15) is 14.7 Å². The van der Waals surface area contributed by atoms with Crippen LogP contribution in [0.5, 0.6) is 11.5 Å². The Labute approximate surface area is 146 Å². The minimum absolute atomic E-state index is 0.140. The summed E-state index contributed by atoms with van der Waals surface area (Å²) in [5.74, 6) is 0.390. The Morgan fingerprint density at radius 1 is 1.04 bits per heavy atom. The second kappa shape index (κ2) is 6.97. The maximum atomic E-state index is 12.7. The molecule has 130 valence electrons. The van der Waals surface area contributed by atoms with Crippen LogP contribution in [0.15, 0.2) is 54.6 Å². The molecule has 1 aliphatic rings. The van der Waals surface area contributed by atoms with Gasteiger partial charge in [-0.25, -0.2) is 0 Å². The molecule has 0 aliphatic carbocycles. The van der Waals surface area contributed by atoms with Gasteiger partial charge in [-0.15, -0.1) is 0 Å². The van der Waals surface area contributed by atoms with E-state index >= 15 is 0 Å². The molecule has 0 spiro atoms. The summed E-state index contributed by atoms with van der Waals surface area (Å²) in [5, 5.41) is 9.39. The number of aliphatic carboxylic acids is 1. The van der Waals surface area contributed by atoms with E-state index in [-0.39, 0.29) is 12.5 Å². The summed E-state index contributed by atoms with van der Waals surface area (Å²) >= 11 is 0. The zero-order valence-corrected chi connectivity index (χ0v) is 14.1. The van der Waals surface area contributed by atoms with Crippen LogP contribution in [-0.2, 0) is 4.79 Å². The van der Waals surface area contributed by atoms with Crippen LogP contribution in [0.1, 0.15) is 30.1 Å². The molecule has 5 heteroatoms. The second-order valence-electron chi connectivity index (χ2n) is 6.64. The standard InChI is InChI=1S/C20H21NO4/c1-20(19(23)24)12-5-13-21(14-20)18(22)15-8-10-17(11-9-15)25-16-6-3-2-4-7-16/h2-4,6-11H,5,12-14H2,1H3,(H,23,24). The first-order valence-corrected chi connectivity index (χ1v) is 8.34. The molecular formula is C20H21NO4. The van der Waals surface area contributed by atoms with Gasteiger partial charge < -0.3 is 14.7 Å². The van der Waals surface area contributed by atoms with Gasteiger partial charge in [0.05, 0.1) is 5.41 Å². The van der Waals surface area contributed by atoms with Crippen molar-refractivity contribution in [3.63, 3.8) is 0 Å². The summed E-state index contributed by atoms with van der Waals surface area (Å²) in [4.78, 5) is 25.7. The number of ether oxygens (including phenoxy) is 1. The molecule has 1 saturated heterocycles. The van der Waals surface area contributed by atoms with Gasteiger partial charge in [0.1, 0.15) is 11.5 Å². The van der Waals surface area contributed by atoms with Crippen molar-refractivity contribution in [2.75, 3.05) is 13.1 Å². The van der Waals surface area contributed by atoms with E-state index in [4.69, 9.17) is 4.74 Å². The smallest absolute Gasteiger partial charge is 0.311 e. The molecule has 1 heterocycles. The molecular weight excluding hydrogens is 318 g/mol. The van der Waals surface area contributed by atoms with Crippen LogP contribution in [0.2, 0.25) is 0 Å². The molecule has 5 nitrogen and oxygen atoms in total. The summed E-state index contributed by atoms with van der Waals surface area (Å²) in [6, 6.07) is 16.4. The predicted molar refractivity (Wildman–Crippen MR) is 93.8 cm³/mol. The maximum absolute atomic E-state index is 12.7. The summed E-state index contributed by atoms with van der Waals surface area (Å²) < 4.78 is 5.72. The maximum Gasteiger partial charge on any atom is 0.311 e. The highest BCUT2D eigenvalue weighted by Gasteiger charge is 2.39. The fourth-order valence-corrected chi connectivity index (χ4v) is 3.06. The number of hydrogen-bond donors (Lipinski definition) is 1. The molecule has 0 radical (unpaired) electrons. The number of amides is 1. The summed E-state index contributed by atoms with van der Waals surface area (Å²) in [5.41, 5.74) is -0.334. The average Bonchev–Trinajstić information content (AvgIpc) is 2.62. The van der Waals surface area contributed by atoms with Crippen LogP contribution in [0.4, 0.5) is 0 Å². The summed E-state index contributed by atoms with van der Waals surface area (Å²) in [6.07, 6.45) is 1.29. The number of carboxylic acid groups (broad SMARTS) is 1. The van der Waals surface area contributed by atoms with Gasteiger partial charge >= 0.3 is 5.97 Å². The van der Waals surface area contributed by atoms with Crippen molar-refractivity contribution in [1.29, 1.82) is 0 Å². The van der Waals surface area contributed by atoms with E-state index in [0.29, 0.717) is 30.7 Å². The van der Waals surface area contributed by atoms with Crippen LogP contribution in [0, 0.1) is 5.41 Å². The first-order valence-electron chi connectivity index (χ1n) is 8.34. The number of likely N-dealkylation sites (tertiary alicyclic amines) is 1. The summed E-state index contributed by atoms with van der Waals surface area (Å²) in [7, 11) is 0. The normalized spacial score (nSPS) is 20.1. The number of carboxylic acids is 1. The van der Waals surface area contributed by atoms with Crippen LogP contribution in [0.25, 0.3) is 0 Å². The number of hydrogen-bond acceptors (Lipinski definition) is 3. The number of nitrogens with zero attached hydrogens (tertiary/aromatic N) is 1. The molecule has 0 bridgehead atoms. The van der Waals surface area contributed by atoms with E-state index in [2.05, 4.69) is 0 Å². The highest BCUT2D eigenvalue weighted by Crippen LogP contribution is 2.30. The number of para-hydroxylation sites is 1. The number of rotatable bonds is 4. The highest BCUT2D eigenvalue weighted by molar-refractivity contribution is 5.94. The van der Waals surface area contributed by atoms with Crippen molar-refractivity contribution in [3.8, 4) is 11.5 Å². The van der Waals surface area contributed by atoms with Crippen molar-refractivity contribution >= 4 is 11.9 Å². The Kier molecular flexibility index (Phi) is 4.74. The van der Waals surface area contributed by atoms with Gasteiger partial charge in [-0.3, -0.25) is 9.59 Å². The lowest BCUT2D eigenvalue weighted by molar-refractivity contribution is -0.150. The molecule has 1 aliphatic heterocycles. The molecule has 2 aromatic carbocycles. The molecule has 1 amide bonds. The van der Waals surface area contributed by atoms with Crippen LogP contribution in [-0.4, -0.2) is 35.0 Å². The number of carbonyl (C=O) groups is 2. The molecule has 25 heavy (non-hydrogen) atoms.